The molecule has 0 spiro atoms. The van der Waals surface area contributed by atoms with E-state index in [-0.39, 0.29) is 17.9 Å². The quantitative estimate of drug-likeness (QED) is 0.750. The van der Waals surface area contributed by atoms with Gasteiger partial charge in [0.2, 0.25) is 5.91 Å². The highest BCUT2D eigenvalue weighted by Gasteiger charge is 2.45. The first-order valence-corrected chi connectivity index (χ1v) is 5.87. The number of carbonyl (C=O) groups is 1. The molecule has 16 heavy (non-hydrogen) atoms. The van der Waals surface area contributed by atoms with Crippen LogP contribution in [0.1, 0.15) is 30.0 Å². The van der Waals surface area contributed by atoms with Gasteiger partial charge in [0.25, 0.3) is 0 Å². The number of carbonyl (C=O) groups excluding carboxylic acids is 1. The molecule has 2 aliphatic rings. The van der Waals surface area contributed by atoms with Gasteiger partial charge in [-0.2, -0.15) is 0 Å². The van der Waals surface area contributed by atoms with Crippen molar-refractivity contribution < 1.29 is 4.79 Å². The molecule has 1 amide bonds. The second-order valence-corrected chi connectivity index (χ2v) is 4.87. The Hall–Kier alpha value is -1.35. The van der Waals surface area contributed by atoms with Crippen LogP contribution < -0.4 is 10.9 Å². The topological polar surface area (TPSA) is 41.1 Å². The Morgan fingerprint density at radius 2 is 1.94 bits per heavy atom. The molecule has 3 heteroatoms. The van der Waals surface area contributed by atoms with Gasteiger partial charge in [0.1, 0.15) is 0 Å². The van der Waals surface area contributed by atoms with Crippen LogP contribution in [-0.4, -0.2) is 5.91 Å². The first kappa shape index (κ1) is 9.85. The molecule has 0 unspecified atom stereocenters. The minimum atomic E-state index is 0.166. The third-order valence-electron chi connectivity index (χ3n) is 3.88. The van der Waals surface area contributed by atoms with Crippen LogP contribution in [0.4, 0.5) is 0 Å². The fraction of sp³-hybridized carbons (Fsp3) is 0.462. The van der Waals surface area contributed by atoms with Crippen molar-refractivity contribution >= 4 is 5.91 Å². The van der Waals surface area contributed by atoms with Gasteiger partial charge in [-0.1, -0.05) is 29.8 Å². The molecule has 1 aliphatic carbocycles. The number of aryl methyl sites for hydroxylation is 1. The third kappa shape index (κ3) is 1.43. The number of fused-ring (bicyclic) bond motifs is 1. The van der Waals surface area contributed by atoms with E-state index in [2.05, 4.69) is 42.0 Å². The lowest BCUT2D eigenvalue weighted by Crippen LogP contribution is -2.57. The summed E-state index contributed by atoms with van der Waals surface area (Å²) >= 11 is 0. The zero-order valence-electron chi connectivity index (χ0n) is 9.36. The fourth-order valence-electron chi connectivity index (χ4n) is 2.70. The zero-order chi connectivity index (χ0) is 11.1. The minimum absolute atomic E-state index is 0.166. The van der Waals surface area contributed by atoms with Crippen LogP contribution in [0.2, 0.25) is 0 Å². The van der Waals surface area contributed by atoms with Gasteiger partial charge in [-0.3, -0.25) is 10.2 Å². The van der Waals surface area contributed by atoms with Crippen LogP contribution in [0.5, 0.6) is 0 Å². The van der Waals surface area contributed by atoms with E-state index in [0.29, 0.717) is 5.92 Å². The lowest BCUT2D eigenvalue weighted by atomic mass is 9.67. The van der Waals surface area contributed by atoms with E-state index in [1.54, 1.807) is 0 Å². The van der Waals surface area contributed by atoms with Gasteiger partial charge in [0.15, 0.2) is 0 Å². The van der Waals surface area contributed by atoms with Crippen molar-refractivity contribution in [2.75, 3.05) is 0 Å². The second-order valence-electron chi connectivity index (χ2n) is 4.87. The summed E-state index contributed by atoms with van der Waals surface area (Å²) in [5, 5.41) is 0. The SMILES string of the molecule is Cc1ccc([C@@H]2NNC(=O)[C@@H]3CC[C@@H]32)cc1. The predicted octanol–water partition coefficient (Wildman–Crippen LogP) is 1.70. The van der Waals surface area contributed by atoms with Gasteiger partial charge < -0.3 is 0 Å². The first-order valence-electron chi connectivity index (χ1n) is 5.87. The Labute approximate surface area is 95.2 Å². The number of amides is 1. The van der Waals surface area contributed by atoms with E-state index < -0.39 is 0 Å². The van der Waals surface area contributed by atoms with Crippen molar-refractivity contribution in [3.63, 3.8) is 0 Å². The number of benzene rings is 1. The van der Waals surface area contributed by atoms with E-state index in [0.717, 1.165) is 12.8 Å². The van der Waals surface area contributed by atoms with E-state index in [1.807, 2.05) is 0 Å². The summed E-state index contributed by atoms with van der Waals surface area (Å²) in [5.74, 6) is 0.878. The highest BCUT2D eigenvalue weighted by atomic mass is 16.2. The number of rotatable bonds is 1. The standard InChI is InChI=1S/C13H16N2O/c1-8-2-4-9(5-3-8)12-10-6-7-11(10)13(16)15-14-12/h2-5,10-12,14H,6-7H2,1H3,(H,15,16)/t10-,11+,12-/m0/s1. The van der Waals surface area contributed by atoms with Crippen molar-refractivity contribution in [2.45, 2.75) is 25.8 Å². The first-order chi connectivity index (χ1) is 7.75. The average molecular weight is 216 g/mol. The molecule has 2 fully saturated rings. The molecule has 1 aliphatic heterocycles. The van der Waals surface area contributed by atoms with Crippen LogP contribution >= 0.6 is 0 Å². The summed E-state index contributed by atoms with van der Waals surface area (Å²) in [4.78, 5) is 11.5. The van der Waals surface area contributed by atoms with Crippen LogP contribution in [0.3, 0.4) is 0 Å². The maximum Gasteiger partial charge on any atom is 0.237 e. The van der Waals surface area contributed by atoms with E-state index in [4.69, 9.17) is 0 Å². The lowest BCUT2D eigenvalue weighted by Gasteiger charge is -2.45. The summed E-state index contributed by atoms with van der Waals surface area (Å²) in [6.07, 6.45) is 2.20. The molecule has 3 nitrogen and oxygen atoms in total. The van der Waals surface area contributed by atoms with Gasteiger partial charge in [-0.15, -0.1) is 0 Å². The average Bonchev–Trinajstić information content (AvgIpc) is 2.22. The molecule has 1 aromatic rings. The van der Waals surface area contributed by atoms with Gasteiger partial charge in [-0.05, 0) is 31.2 Å². The van der Waals surface area contributed by atoms with Gasteiger partial charge in [0.05, 0.1) is 6.04 Å². The third-order valence-corrected chi connectivity index (χ3v) is 3.88. The summed E-state index contributed by atoms with van der Waals surface area (Å²) in [5.41, 5.74) is 8.47. The number of hydrogen-bond donors (Lipinski definition) is 2. The molecule has 1 saturated carbocycles. The Bertz CT molecular complexity index is 412. The molecule has 2 N–H and O–H groups in total. The maximum absolute atomic E-state index is 11.5. The Morgan fingerprint density at radius 3 is 2.56 bits per heavy atom. The molecular formula is C13H16N2O. The predicted molar refractivity (Wildman–Crippen MR) is 61.4 cm³/mol. The van der Waals surface area contributed by atoms with Crippen molar-refractivity contribution in [3.8, 4) is 0 Å². The smallest absolute Gasteiger partial charge is 0.237 e. The number of hydrogen-bond acceptors (Lipinski definition) is 2. The lowest BCUT2D eigenvalue weighted by molar-refractivity contribution is -0.137. The summed E-state index contributed by atoms with van der Waals surface area (Å²) in [7, 11) is 0. The van der Waals surface area contributed by atoms with Crippen molar-refractivity contribution in [1.29, 1.82) is 0 Å². The highest BCUT2D eigenvalue weighted by molar-refractivity contribution is 5.80. The summed E-state index contributed by atoms with van der Waals surface area (Å²) in [6, 6.07) is 8.85. The molecule has 3 atom stereocenters. The van der Waals surface area contributed by atoms with Gasteiger partial charge in [0, 0.05) is 5.92 Å². The molecule has 1 heterocycles. The van der Waals surface area contributed by atoms with Crippen LogP contribution in [-0.2, 0) is 4.79 Å². The minimum Gasteiger partial charge on any atom is -0.291 e. The molecule has 3 rings (SSSR count). The van der Waals surface area contributed by atoms with Crippen molar-refractivity contribution in [1.82, 2.24) is 10.9 Å². The maximum atomic E-state index is 11.5. The fourth-order valence-corrected chi connectivity index (χ4v) is 2.70. The summed E-state index contributed by atoms with van der Waals surface area (Å²) in [6.45, 7) is 2.09. The van der Waals surface area contributed by atoms with Crippen molar-refractivity contribution in [3.05, 3.63) is 35.4 Å². The molecule has 84 valence electrons. The molecule has 1 saturated heterocycles. The Balaban J connectivity index is 1.85. The van der Waals surface area contributed by atoms with E-state index in [1.165, 1.54) is 11.1 Å². The van der Waals surface area contributed by atoms with Gasteiger partial charge >= 0.3 is 0 Å². The Morgan fingerprint density at radius 1 is 1.19 bits per heavy atom. The van der Waals surface area contributed by atoms with Crippen LogP contribution in [0, 0.1) is 18.8 Å². The second kappa shape index (κ2) is 3.59. The van der Waals surface area contributed by atoms with Crippen LogP contribution in [0.15, 0.2) is 24.3 Å². The largest absolute Gasteiger partial charge is 0.291 e. The van der Waals surface area contributed by atoms with E-state index in [9.17, 15) is 4.79 Å². The van der Waals surface area contributed by atoms with E-state index >= 15 is 0 Å². The highest BCUT2D eigenvalue weighted by Crippen LogP contribution is 2.44. The number of hydrazine groups is 1. The Kier molecular flexibility index (Phi) is 2.21. The zero-order valence-corrected chi connectivity index (χ0v) is 9.36. The monoisotopic (exact) mass is 216 g/mol. The molecule has 0 aromatic heterocycles. The molecule has 0 bridgehead atoms. The van der Waals surface area contributed by atoms with Gasteiger partial charge in [-0.25, -0.2) is 5.43 Å². The molecule has 1 aromatic carbocycles. The summed E-state index contributed by atoms with van der Waals surface area (Å²) < 4.78 is 0. The van der Waals surface area contributed by atoms with Crippen LogP contribution in [0.25, 0.3) is 0 Å². The molecule has 0 radical (unpaired) electrons. The number of nitrogens with one attached hydrogen (secondary N) is 2. The van der Waals surface area contributed by atoms with Crippen molar-refractivity contribution in [2.24, 2.45) is 11.8 Å². The molecular weight excluding hydrogens is 200 g/mol. The normalized spacial score (nSPS) is 32.6.